The van der Waals surface area contributed by atoms with Gasteiger partial charge >= 0.3 is 0 Å². The standard InChI is InChI=1S/C17H29N3O2/c1-18-2-3-19-16(22)11-20-15(21)10-17-7-12-4-13(8-17)6-14(5-12)9-17/h12-14,18H,2-11H2,1H3,(H,19,22)(H,20,21). The minimum atomic E-state index is -0.103. The van der Waals surface area contributed by atoms with Crippen LogP contribution in [0.1, 0.15) is 44.9 Å². The Labute approximate surface area is 133 Å². The molecule has 2 amide bonds. The summed E-state index contributed by atoms with van der Waals surface area (Å²) in [6, 6.07) is 0. The summed E-state index contributed by atoms with van der Waals surface area (Å²) in [4.78, 5) is 23.9. The second-order valence-corrected chi connectivity index (χ2v) is 7.82. The van der Waals surface area contributed by atoms with E-state index in [1.165, 1.54) is 38.5 Å². The zero-order valence-corrected chi connectivity index (χ0v) is 13.6. The highest BCUT2D eigenvalue weighted by Gasteiger charge is 2.51. The third-order valence-corrected chi connectivity index (χ3v) is 5.84. The van der Waals surface area contributed by atoms with Gasteiger partial charge in [-0.3, -0.25) is 9.59 Å². The minimum Gasteiger partial charge on any atom is -0.353 e. The first-order valence-electron chi connectivity index (χ1n) is 8.76. The Kier molecular flexibility index (Phi) is 4.71. The molecule has 0 heterocycles. The van der Waals surface area contributed by atoms with Crippen molar-refractivity contribution in [1.82, 2.24) is 16.0 Å². The molecular formula is C17H29N3O2. The zero-order chi connectivity index (χ0) is 15.6. The van der Waals surface area contributed by atoms with Crippen molar-refractivity contribution in [1.29, 1.82) is 0 Å². The summed E-state index contributed by atoms with van der Waals surface area (Å²) in [6.07, 6.45) is 8.53. The summed E-state index contributed by atoms with van der Waals surface area (Å²) in [5, 5.41) is 8.57. The highest BCUT2D eigenvalue weighted by Crippen LogP contribution is 2.61. The molecule has 0 atom stereocenters. The lowest BCUT2D eigenvalue weighted by Gasteiger charge is -2.56. The van der Waals surface area contributed by atoms with E-state index in [9.17, 15) is 9.59 Å². The van der Waals surface area contributed by atoms with Crippen molar-refractivity contribution in [3.63, 3.8) is 0 Å². The molecule has 0 aromatic rings. The quantitative estimate of drug-likeness (QED) is 0.616. The van der Waals surface area contributed by atoms with E-state index in [4.69, 9.17) is 0 Å². The van der Waals surface area contributed by atoms with Gasteiger partial charge in [-0.2, -0.15) is 0 Å². The van der Waals surface area contributed by atoms with Crippen molar-refractivity contribution >= 4 is 11.8 Å². The topological polar surface area (TPSA) is 70.2 Å². The second-order valence-electron chi connectivity index (χ2n) is 7.82. The molecule has 4 saturated carbocycles. The number of nitrogens with one attached hydrogen (secondary N) is 3. The lowest BCUT2D eigenvalue weighted by atomic mass is 9.49. The third-order valence-electron chi connectivity index (χ3n) is 5.84. The zero-order valence-electron chi connectivity index (χ0n) is 13.6. The van der Waals surface area contributed by atoms with Gasteiger partial charge in [-0.1, -0.05) is 0 Å². The molecule has 0 radical (unpaired) electrons. The maximum absolute atomic E-state index is 12.3. The van der Waals surface area contributed by atoms with Crippen LogP contribution >= 0.6 is 0 Å². The lowest BCUT2D eigenvalue weighted by Crippen LogP contribution is -2.48. The van der Waals surface area contributed by atoms with Crippen molar-refractivity contribution in [2.75, 3.05) is 26.7 Å². The number of rotatable bonds is 7. The largest absolute Gasteiger partial charge is 0.353 e. The summed E-state index contributed by atoms with van der Waals surface area (Å²) < 4.78 is 0. The van der Waals surface area contributed by atoms with Gasteiger partial charge in [0.05, 0.1) is 6.54 Å². The normalized spacial score (nSPS) is 35.4. The van der Waals surface area contributed by atoms with Crippen molar-refractivity contribution in [2.24, 2.45) is 23.2 Å². The molecule has 4 rings (SSSR count). The highest BCUT2D eigenvalue weighted by molar-refractivity contribution is 5.84. The van der Waals surface area contributed by atoms with E-state index in [1.54, 1.807) is 0 Å². The summed E-state index contributed by atoms with van der Waals surface area (Å²) in [5.41, 5.74) is 0.251. The summed E-state index contributed by atoms with van der Waals surface area (Å²) in [6.45, 7) is 1.45. The minimum absolute atomic E-state index is 0.0608. The summed E-state index contributed by atoms with van der Waals surface area (Å²) >= 11 is 0. The van der Waals surface area contributed by atoms with E-state index in [-0.39, 0.29) is 23.8 Å². The molecule has 3 N–H and O–H groups in total. The Morgan fingerprint density at radius 3 is 2.05 bits per heavy atom. The first kappa shape index (κ1) is 15.8. The van der Waals surface area contributed by atoms with Crippen molar-refractivity contribution in [3.8, 4) is 0 Å². The predicted molar refractivity (Wildman–Crippen MR) is 85.2 cm³/mol. The molecule has 0 unspecified atom stereocenters. The molecule has 0 saturated heterocycles. The van der Waals surface area contributed by atoms with E-state index < -0.39 is 0 Å². The van der Waals surface area contributed by atoms with E-state index in [2.05, 4.69) is 16.0 Å². The maximum atomic E-state index is 12.3. The van der Waals surface area contributed by atoms with Crippen LogP contribution in [0, 0.1) is 23.2 Å². The Morgan fingerprint density at radius 1 is 0.909 bits per heavy atom. The Balaban J connectivity index is 1.43. The first-order chi connectivity index (χ1) is 10.6. The van der Waals surface area contributed by atoms with Crippen LogP contribution in [-0.2, 0) is 9.59 Å². The average molecular weight is 307 g/mol. The van der Waals surface area contributed by atoms with Crippen LogP contribution in [0.25, 0.3) is 0 Å². The molecule has 4 aliphatic rings. The second kappa shape index (κ2) is 6.57. The molecule has 22 heavy (non-hydrogen) atoms. The van der Waals surface area contributed by atoms with Crippen LogP contribution in [0.3, 0.4) is 0 Å². The maximum Gasteiger partial charge on any atom is 0.239 e. The molecular weight excluding hydrogens is 278 g/mol. The van der Waals surface area contributed by atoms with Crippen LogP contribution in [0.5, 0.6) is 0 Å². The van der Waals surface area contributed by atoms with Crippen molar-refractivity contribution in [2.45, 2.75) is 44.9 Å². The molecule has 0 aromatic carbocycles. The van der Waals surface area contributed by atoms with Gasteiger partial charge in [0.25, 0.3) is 0 Å². The van der Waals surface area contributed by atoms with Gasteiger partial charge in [0, 0.05) is 19.5 Å². The van der Waals surface area contributed by atoms with E-state index in [0.29, 0.717) is 13.0 Å². The van der Waals surface area contributed by atoms with Crippen LogP contribution < -0.4 is 16.0 Å². The van der Waals surface area contributed by atoms with Crippen LogP contribution in [0.15, 0.2) is 0 Å². The fourth-order valence-corrected chi connectivity index (χ4v) is 5.48. The molecule has 124 valence electrons. The van der Waals surface area contributed by atoms with Gasteiger partial charge in [0.15, 0.2) is 0 Å². The van der Waals surface area contributed by atoms with Crippen molar-refractivity contribution < 1.29 is 9.59 Å². The molecule has 0 aliphatic heterocycles. The van der Waals surface area contributed by atoms with Crippen molar-refractivity contribution in [3.05, 3.63) is 0 Å². The van der Waals surface area contributed by atoms with Gasteiger partial charge in [-0.15, -0.1) is 0 Å². The fourth-order valence-electron chi connectivity index (χ4n) is 5.48. The Morgan fingerprint density at radius 2 is 1.50 bits per heavy atom. The van der Waals surface area contributed by atoms with Gasteiger partial charge < -0.3 is 16.0 Å². The lowest BCUT2D eigenvalue weighted by molar-refractivity contribution is -0.131. The van der Waals surface area contributed by atoms with Crippen LogP contribution in [0.4, 0.5) is 0 Å². The highest BCUT2D eigenvalue weighted by atomic mass is 16.2. The molecule has 4 bridgehead atoms. The van der Waals surface area contributed by atoms with Gasteiger partial charge in [-0.25, -0.2) is 0 Å². The van der Waals surface area contributed by atoms with Gasteiger partial charge in [0.1, 0.15) is 0 Å². The number of carbonyl (C=O) groups excluding carboxylic acids is 2. The SMILES string of the molecule is CNCCNC(=O)CNC(=O)CC12CC3CC(CC(C3)C1)C2. The molecule has 0 spiro atoms. The van der Waals surface area contributed by atoms with Gasteiger partial charge in [-0.05, 0) is 68.7 Å². The number of hydrogen-bond acceptors (Lipinski definition) is 3. The van der Waals surface area contributed by atoms with Crippen LogP contribution in [0.2, 0.25) is 0 Å². The molecule has 4 fully saturated rings. The summed E-state index contributed by atoms with van der Waals surface area (Å²) in [7, 11) is 1.85. The van der Waals surface area contributed by atoms with Crippen LogP contribution in [-0.4, -0.2) is 38.5 Å². The molecule has 4 aliphatic carbocycles. The predicted octanol–water partition coefficient (Wildman–Crippen LogP) is 1.04. The molecule has 5 heteroatoms. The monoisotopic (exact) mass is 307 g/mol. The van der Waals surface area contributed by atoms with E-state index in [1.807, 2.05) is 7.05 Å². The average Bonchev–Trinajstić information content (AvgIpc) is 2.43. The number of carbonyl (C=O) groups is 2. The number of likely N-dealkylation sites (N-methyl/N-ethyl adjacent to an activating group) is 1. The summed E-state index contributed by atoms with van der Waals surface area (Å²) in [5.74, 6) is 2.55. The fraction of sp³-hybridized carbons (Fsp3) is 0.882. The smallest absolute Gasteiger partial charge is 0.239 e. The Hall–Kier alpha value is -1.10. The Bertz CT molecular complexity index is 400. The molecule has 0 aromatic heterocycles. The van der Waals surface area contributed by atoms with E-state index >= 15 is 0 Å². The third kappa shape index (κ3) is 3.62. The first-order valence-corrected chi connectivity index (χ1v) is 8.76. The number of hydrogen-bond donors (Lipinski definition) is 3. The number of amides is 2. The molecule has 5 nitrogen and oxygen atoms in total. The van der Waals surface area contributed by atoms with Gasteiger partial charge in [0.2, 0.25) is 11.8 Å². The van der Waals surface area contributed by atoms with E-state index in [0.717, 1.165) is 24.3 Å².